The predicted molar refractivity (Wildman–Crippen MR) is 125 cm³/mol. The quantitative estimate of drug-likeness (QED) is 0.598. The van der Waals surface area contributed by atoms with Gasteiger partial charge in [0.15, 0.2) is 0 Å². The monoisotopic (exact) mass is 507 g/mol. The zero-order chi connectivity index (χ0) is 25.2. The van der Waals surface area contributed by atoms with Gasteiger partial charge in [0.1, 0.15) is 6.61 Å². The molecule has 0 unspecified atom stereocenters. The number of carbonyl (C=O) groups excluding carboxylic acids is 2. The highest BCUT2D eigenvalue weighted by atomic mass is 32.2. The summed E-state index contributed by atoms with van der Waals surface area (Å²) in [5.74, 6) is -4.62. The maximum absolute atomic E-state index is 13.7. The van der Waals surface area contributed by atoms with E-state index in [-0.39, 0.29) is 31.9 Å². The normalized spacial score (nSPS) is 17.9. The topological polar surface area (TPSA) is 119 Å². The smallest absolute Gasteiger partial charge is 0.407 e. The lowest BCUT2D eigenvalue weighted by Gasteiger charge is -2.33. The number of hydrogen-bond acceptors (Lipinski definition) is 5. The minimum absolute atomic E-state index is 0.00571. The van der Waals surface area contributed by atoms with Gasteiger partial charge in [0.25, 0.3) is 5.92 Å². The van der Waals surface area contributed by atoms with E-state index < -0.39 is 52.7 Å². The van der Waals surface area contributed by atoms with Crippen LogP contribution in [0.2, 0.25) is 0 Å². The van der Waals surface area contributed by atoms with Crippen molar-refractivity contribution in [2.45, 2.75) is 37.1 Å². The Balaban J connectivity index is 1.41. The van der Waals surface area contributed by atoms with Gasteiger partial charge >= 0.3 is 6.09 Å². The molecule has 1 saturated heterocycles. The van der Waals surface area contributed by atoms with Gasteiger partial charge in [-0.05, 0) is 28.7 Å². The van der Waals surface area contributed by atoms with Crippen LogP contribution in [-0.4, -0.2) is 62.7 Å². The number of amides is 2. The van der Waals surface area contributed by atoms with Crippen LogP contribution in [0.25, 0.3) is 11.1 Å². The summed E-state index contributed by atoms with van der Waals surface area (Å²) in [7, 11) is -4.07. The molecule has 1 heterocycles. The molecule has 8 nitrogen and oxygen atoms in total. The Hall–Kier alpha value is -3.05. The minimum Gasteiger partial charge on any atom is -0.449 e. The molecule has 0 radical (unpaired) electrons. The van der Waals surface area contributed by atoms with Crippen molar-refractivity contribution in [2.75, 3.05) is 25.4 Å². The number of alkyl carbamates (subject to hydrolysis) is 1. The number of rotatable bonds is 7. The highest BCUT2D eigenvalue weighted by Crippen LogP contribution is 2.44. The van der Waals surface area contributed by atoms with Gasteiger partial charge in [-0.1, -0.05) is 48.5 Å². The molecule has 2 aromatic rings. The average Bonchev–Trinajstić information content (AvgIpc) is 3.09. The van der Waals surface area contributed by atoms with Gasteiger partial charge in [0.2, 0.25) is 15.9 Å². The second kappa shape index (κ2) is 9.90. The molecule has 0 bridgehead atoms. The van der Waals surface area contributed by atoms with E-state index in [2.05, 4.69) is 5.32 Å². The van der Waals surface area contributed by atoms with Crippen LogP contribution in [-0.2, 0) is 19.6 Å². The Kier molecular flexibility index (Phi) is 7.09. The van der Waals surface area contributed by atoms with Crippen LogP contribution in [0, 0.1) is 0 Å². The number of hydrogen-bond donors (Lipinski definition) is 2. The van der Waals surface area contributed by atoms with Gasteiger partial charge in [0.05, 0.1) is 18.3 Å². The molecule has 0 aromatic heterocycles. The molecule has 35 heavy (non-hydrogen) atoms. The van der Waals surface area contributed by atoms with Crippen molar-refractivity contribution >= 4 is 22.0 Å². The molecular weight excluding hydrogens is 480 g/mol. The van der Waals surface area contributed by atoms with Gasteiger partial charge in [-0.3, -0.25) is 4.79 Å². The maximum atomic E-state index is 13.7. The number of nitrogens with two attached hydrogens (primary N) is 1. The van der Waals surface area contributed by atoms with Crippen molar-refractivity contribution in [2.24, 2.45) is 5.14 Å². The molecule has 1 aliphatic heterocycles. The van der Waals surface area contributed by atoms with Gasteiger partial charge in [-0.15, -0.1) is 0 Å². The maximum Gasteiger partial charge on any atom is 0.407 e. The van der Waals surface area contributed by atoms with E-state index in [0.717, 1.165) is 27.2 Å². The molecule has 1 fully saturated rings. The average molecular weight is 508 g/mol. The van der Waals surface area contributed by atoms with E-state index in [9.17, 15) is 26.8 Å². The molecule has 1 atom stereocenters. The summed E-state index contributed by atoms with van der Waals surface area (Å²) in [6.45, 7) is -0.603. The van der Waals surface area contributed by atoms with Crippen molar-refractivity contribution in [3.05, 3.63) is 59.7 Å². The molecule has 188 valence electrons. The first-order valence-electron chi connectivity index (χ1n) is 11.3. The van der Waals surface area contributed by atoms with Gasteiger partial charge < -0.3 is 15.0 Å². The van der Waals surface area contributed by atoms with Crippen molar-refractivity contribution in [1.82, 2.24) is 10.2 Å². The summed E-state index contributed by atoms with van der Waals surface area (Å²) in [4.78, 5) is 26.1. The van der Waals surface area contributed by atoms with Crippen LogP contribution in [0.1, 0.15) is 36.3 Å². The van der Waals surface area contributed by atoms with Crippen molar-refractivity contribution < 1.29 is 31.5 Å². The number of ether oxygens (including phenoxy) is 1. The largest absolute Gasteiger partial charge is 0.449 e. The zero-order valence-corrected chi connectivity index (χ0v) is 19.8. The Morgan fingerprint density at radius 1 is 1.11 bits per heavy atom. The number of carbonyl (C=O) groups is 2. The molecule has 2 amide bonds. The lowest BCUT2D eigenvalue weighted by molar-refractivity contribution is -0.142. The standard InChI is InChI=1S/C24H27F2N3O5S/c25-24(26)10-5-11-29(15-24)22(30)12-16(14-35(27,32)33)28-23(31)34-13-21-19-8-3-1-6-17(19)18-7-2-4-9-20(18)21/h1-4,6-9,16,21H,5,10-15H2,(H,28,31)(H2,27,32,33)/t16-/m0/s1. The van der Waals surface area contributed by atoms with Crippen LogP contribution in [0.4, 0.5) is 13.6 Å². The van der Waals surface area contributed by atoms with Crippen LogP contribution in [0.5, 0.6) is 0 Å². The molecule has 2 aliphatic rings. The summed E-state index contributed by atoms with van der Waals surface area (Å²) < 4.78 is 56.1. The SMILES string of the molecule is NS(=O)(=O)C[C@H](CC(=O)N1CCCC(F)(F)C1)NC(=O)OCC1c2ccccc2-c2ccccc21. The van der Waals surface area contributed by atoms with Crippen LogP contribution in [0.15, 0.2) is 48.5 Å². The highest BCUT2D eigenvalue weighted by Gasteiger charge is 2.38. The minimum atomic E-state index is -4.07. The van der Waals surface area contributed by atoms with Crippen molar-refractivity contribution in [3.8, 4) is 11.1 Å². The first-order valence-corrected chi connectivity index (χ1v) is 13.0. The summed E-state index contributed by atoms with van der Waals surface area (Å²) in [5.41, 5.74) is 4.11. The van der Waals surface area contributed by atoms with E-state index in [1.54, 1.807) is 0 Å². The van der Waals surface area contributed by atoms with Gasteiger partial charge in [-0.2, -0.15) is 0 Å². The number of nitrogens with one attached hydrogen (secondary N) is 1. The zero-order valence-electron chi connectivity index (χ0n) is 19.0. The lowest BCUT2D eigenvalue weighted by Crippen LogP contribution is -2.49. The second-order valence-corrected chi connectivity index (χ2v) is 10.6. The number of benzene rings is 2. The van der Waals surface area contributed by atoms with Crippen LogP contribution < -0.4 is 10.5 Å². The second-order valence-electron chi connectivity index (χ2n) is 8.98. The molecule has 0 saturated carbocycles. The number of halogens is 2. The van der Waals surface area contributed by atoms with Crippen LogP contribution >= 0.6 is 0 Å². The van der Waals surface area contributed by atoms with Crippen molar-refractivity contribution in [3.63, 3.8) is 0 Å². The fraction of sp³-hybridized carbons (Fsp3) is 0.417. The molecule has 2 aromatic carbocycles. The number of nitrogens with zero attached hydrogens (tertiary/aromatic N) is 1. The van der Waals surface area contributed by atoms with E-state index >= 15 is 0 Å². The molecule has 0 spiro atoms. The first-order chi connectivity index (χ1) is 16.5. The molecular formula is C24H27F2N3O5S. The number of piperidine rings is 1. The third-order valence-electron chi connectivity index (χ3n) is 6.27. The van der Waals surface area contributed by atoms with E-state index in [4.69, 9.17) is 9.88 Å². The molecule has 3 N–H and O–H groups in total. The Morgan fingerprint density at radius 2 is 1.71 bits per heavy atom. The number of likely N-dealkylation sites (tertiary alicyclic amines) is 1. The number of alkyl halides is 2. The third-order valence-corrected chi connectivity index (χ3v) is 7.13. The van der Waals surface area contributed by atoms with Gasteiger partial charge in [-0.25, -0.2) is 27.1 Å². The third kappa shape index (κ3) is 6.15. The van der Waals surface area contributed by atoms with Crippen molar-refractivity contribution in [1.29, 1.82) is 0 Å². The van der Waals surface area contributed by atoms with E-state index in [1.807, 2.05) is 48.5 Å². The highest BCUT2D eigenvalue weighted by molar-refractivity contribution is 7.89. The molecule has 4 rings (SSSR count). The number of fused-ring (bicyclic) bond motifs is 3. The number of sulfonamides is 1. The Morgan fingerprint density at radius 3 is 2.29 bits per heavy atom. The lowest BCUT2D eigenvalue weighted by atomic mass is 9.98. The fourth-order valence-electron chi connectivity index (χ4n) is 4.76. The van der Waals surface area contributed by atoms with Gasteiger partial charge in [0, 0.05) is 25.3 Å². The number of primary sulfonamides is 1. The van der Waals surface area contributed by atoms with E-state index in [1.165, 1.54) is 0 Å². The Bertz CT molecular complexity index is 1180. The molecule has 11 heteroatoms. The van der Waals surface area contributed by atoms with Crippen LogP contribution in [0.3, 0.4) is 0 Å². The summed E-state index contributed by atoms with van der Waals surface area (Å²) in [6, 6.07) is 14.3. The van der Waals surface area contributed by atoms with E-state index in [0.29, 0.717) is 0 Å². The fourth-order valence-corrected chi connectivity index (χ4v) is 5.52. The summed E-state index contributed by atoms with van der Waals surface area (Å²) in [5, 5.41) is 7.51. The Labute approximate surface area is 202 Å². The molecule has 1 aliphatic carbocycles. The summed E-state index contributed by atoms with van der Waals surface area (Å²) in [6.07, 6.45) is -1.58. The predicted octanol–water partition coefficient (Wildman–Crippen LogP) is 2.83. The first kappa shape index (κ1) is 25.1. The summed E-state index contributed by atoms with van der Waals surface area (Å²) >= 11 is 0.